The Morgan fingerprint density at radius 1 is 1.16 bits per heavy atom. The number of ether oxygens (including phenoxy) is 1. The topological polar surface area (TPSA) is 86.0 Å². The number of aromatic nitrogens is 4. The zero-order valence-corrected chi connectivity index (χ0v) is 13.8. The second-order valence-electron chi connectivity index (χ2n) is 5.95. The molecule has 1 fully saturated rings. The van der Waals surface area contributed by atoms with Crippen LogP contribution in [0.5, 0.6) is 0 Å². The summed E-state index contributed by atoms with van der Waals surface area (Å²) in [6, 6.07) is 10.0. The summed E-state index contributed by atoms with van der Waals surface area (Å²) in [5, 5.41) is 11.6. The fourth-order valence-corrected chi connectivity index (χ4v) is 2.90. The third-order valence-corrected chi connectivity index (χ3v) is 4.20. The van der Waals surface area contributed by atoms with Gasteiger partial charge in [0.25, 0.3) is 0 Å². The molecule has 128 valence electrons. The Morgan fingerprint density at radius 2 is 2.08 bits per heavy atom. The zero-order valence-electron chi connectivity index (χ0n) is 13.8. The highest BCUT2D eigenvalue weighted by Gasteiger charge is 2.22. The van der Waals surface area contributed by atoms with Crippen molar-refractivity contribution < 1.29 is 9.15 Å². The van der Waals surface area contributed by atoms with Gasteiger partial charge in [-0.2, -0.15) is 0 Å². The molecular formula is C18H19N5O2. The van der Waals surface area contributed by atoms with E-state index in [0.29, 0.717) is 24.9 Å². The number of anilines is 1. The molecule has 1 aliphatic heterocycles. The van der Waals surface area contributed by atoms with Gasteiger partial charge in [0.05, 0.1) is 19.1 Å². The van der Waals surface area contributed by atoms with E-state index in [2.05, 4.69) is 25.5 Å². The molecule has 0 amide bonds. The second-order valence-corrected chi connectivity index (χ2v) is 5.95. The van der Waals surface area contributed by atoms with Crippen LogP contribution in [0.15, 0.2) is 47.3 Å². The predicted octanol–water partition coefficient (Wildman–Crippen LogP) is 3.03. The molecule has 0 spiro atoms. The van der Waals surface area contributed by atoms with Gasteiger partial charge in [-0.15, -0.1) is 10.2 Å². The first-order valence-electron chi connectivity index (χ1n) is 8.39. The number of nitrogens with zero attached hydrogens (tertiary/aromatic N) is 4. The number of hydrogen-bond donors (Lipinski definition) is 1. The van der Waals surface area contributed by atoms with Crippen LogP contribution in [0.3, 0.4) is 0 Å². The van der Waals surface area contributed by atoms with E-state index < -0.39 is 0 Å². The lowest BCUT2D eigenvalue weighted by Crippen LogP contribution is -2.15. The molecule has 25 heavy (non-hydrogen) atoms. The van der Waals surface area contributed by atoms with Crippen molar-refractivity contribution in [3.63, 3.8) is 0 Å². The van der Waals surface area contributed by atoms with E-state index in [-0.39, 0.29) is 5.92 Å². The smallest absolute Gasteiger partial charge is 0.235 e. The molecule has 0 radical (unpaired) electrons. The van der Waals surface area contributed by atoms with Crippen LogP contribution in [0.1, 0.15) is 30.5 Å². The van der Waals surface area contributed by atoms with E-state index in [9.17, 15) is 0 Å². The van der Waals surface area contributed by atoms with Crippen molar-refractivity contribution in [2.24, 2.45) is 0 Å². The number of rotatable bonds is 5. The molecule has 7 heteroatoms. The van der Waals surface area contributed by atoms with Crippen LogP contribution in [-0.4, -0.2) is 33.4 Å². The van der Waals surface area contributed by atoms with Crippen LogP contribution in [0, 0.1) is 0 Å². The highest BCUT2D eigenvalue weighted by atomic mass is 16.5. The fourth-order valence-electron chi connectivity index (χ4n) is 2.90. The average molecular weight is 337 g/mol. The minimum absolute atomic E-state index is 0.203. The monoisotopic (exact) mass is 337 g/mol. The summed E-state index contributed by atoms with van der Waals surface area (Å²) < 4.78 is 11.3. The quantitative estimate of drug-likeness (QED) is 0.766. The van der Waals surface area contributed by atoms with Crippen LogP contribution in [0.25, 0.3) is 11.1 Å². The van der Waals surface area contributed by atoms with Crippen molar-refractivity contribution in [3.05, 3.63) is 54.6 Å². The van der Waals surface area contributed by atoms with Gasteiger partial charge in [0.2, 0.25) is 11.8 Å². The Labute approximate surface area is 145 Å². The van der Waals surface area contributed by atoms with Crippen molar-refractivity contribution >= 4 is 5.82 Å². The number of hydrogen-bond acceptors (Lipinski definition) is 7. The van der Waals surface area contributed by atoms with Gasteiger partial charge in [0.1, 0.15) is 12.1 Å². The Morgan fingerprint density at radius 3 is 2.92 bits per heavy atom. The molecular weight excluding hydrogens is 318 g/mol. The van der Waals surface area contributed by atoms with Crippen LogP contribution in [0.4, 0.5) is 5.82 Å². The SMILES string of the molecule is c1ccc(-c2cncnc2NCc2nnc(C3CCCOC3)o2)cc1. The van der Waals surface area contributed by atoms with Crippen LogP contribution < -0.4 is 5.32 Å². The standard InChI is InChI=1S/C18H19N5O2/c1-2-5-13(6-3-1)15-9-19-12-21-17(15)20-10-16-22-23-18(25-16)14-7-4-8-24-11-14/h1-3,5-6,9,12,14H,4,7-8,10-11H2,(H,19,20,21). The first-order valence-corrected chi connectivity index (χ1v) is 8.39. The van der Waals surface area contributed by atoms with Gasteiger partial charge < -0.3 is 14.5 Å². The van der Waals surface area contributed by atoms with E-state index >= 15 is 0 Å². The summed E-state index contributed by atoms with van der Waals surface area (Å²) >= 11 is 0. The Kier molecular flexibility index (Phi) is 4.65. The van der Waals surface area contributed by atoms with Crippen LogP contribution in [0.2, 0.25) is 0 Å². The van der Waals surface area contributed by atoms with E-state index in [1.807, 2.05) is 30.3 Å². The summed E-state index contributed by atoms with van der Waals surface area (Å²) in [6.45, 7) is 1.88. The van der Waals surface area contributed by atoms with Crippen molar-refractivity contribution in [1.29, 1.82) is 0 Å². The molecule has 1 atom stereocenters. The minimum Gasteiger partial charge on any atom is -0.423 e. The number of nitrogens with one attached hydrogen (secondary N) is 1. The molecule has 0 aliphatic carbocycles. The lowest BCUT2D eigenvalue weighted by molar-refractivity contribution is 0.0722. The molecule has 1 aromatic carbocycles. The van der Waals surface area contributed by atoms with Crippen LogP contribution >= 0.6 is 0 Å². The molecule has 1 unspecified atom stereocenters. The highest BCUT2D eigenvalue weighted by molar-refractivity contribution is 5.73. The fraction of sp³-hybridized carbons (Fsp3) is 0.333. The Balaban J connectivity index is 1.46. The summed E-state index contributed by atoms with van der Waals surface area (Å²) in [5.41, 5.74) is 1.99. The third-order valence-electron chi connectivity index (χ3n) is 4.20. The first kappa shape index (κ1) is 15.7. The molecule has 1 saturated heterocycles. The lowest BCUT2D eigenvalue weighted by Gasteiger charge is -2.18. The van der Waals surface area contributed by atoms with E-state index in [0.717, 1.165) is 36.4 Å². The maximum absolute atomic E-state index is 5.78. The molecule has 2 aromatic heterocycles. The molecule has 1 aliphatic rings. The van der Waals surface area contributed by atoms with E-state index in [4.69, 9.17) is 9.15 Å². The zero-order chi connectivity index (χ0) is 16.9. The average Bonchev–Trinajstić information content (AvgIpc) is 3.17. The lowest BCUT2D eigenvalue weighted by atomic mass is 10.0. The van der Waals surface area contributed by atoms with Gasteiger partial charge in [-0.25, -0.2) is 9.97 Å². The molecule has 7 nitrogen and oxygen atoms in total. The molecule has 0 bridgehead atoms. The van der Waals surface area contributed by atoms with Gasteiger partial charge in [0, 0.05) is 18.4 Å². The molecule has 4 rings (SSSR count). The number of benzene rings is 1. The first-order chi connectivity index (χ1) is 12.4. The normalized spacial score (nSPS) is 17.4. The van der Waals surface area contributed by atoms with Gasteiger partial charge in [-0.1, -0.05) is 30.3 Å². The maximum atomic E-state index is 5.78. The highest BCUT2D eigenvalue weighted by Crippen LogP contribution is 2.26. The van der Waals surface area contributed by atoms with Gasteiger partial charge in [-0.3, -0.25) is 0 Å². The Bertz CT molecular complexity index is 815. The van der Waals surface area contributed by atoms with Gasteiger partial charge in [0.15, 0.2) is 0 Å². The summed E-state index contributed by atoms with van der Waals surface area (Å²) in [7, 11) is 0. The van der Waals surface area contributed by atoms with Gasteiger partial charge in [-0.05, 0) is 18.4 Å². The molecule has 0 saturated carbocycles. The van der Waals surface area contributed by atoms with Crippen molar-refractivity contribution in [3.8, 4) is 11.1 Å². The Hall–Kier alpha value is -2.80. The third kappa shape index (κ3) is 3.66. The molecule has 3 aromatic rings. The molecule has 3 heterocycles. The predicted molar refractivity (Wildman–Crippen MR) is 91.9 cm³/mol. The summed E-state index contributed by atoms with van der Waals surface area (Å²) in [4.78, 5) is 8.46. The van der Waals surface area contributed by atoms with Gasteiger partial charge >= 0.3 is 0 Å². The molecule has 1 N–H and O–H groups in total. The minimum atomic E-state index is 0.203. The van der Waals surface area contributed by atoms with Crippen molar-refractivity contribution in [2.75, 3.05) is 18.5 Å². The maximum Gasteiger partial charge on any atom is 0.235 e. The van der Waals surface area contributed by atoms with E-state index in [1.54, 1.807) is 6.20 Å². The summed E-state index contributed by atoms with van der Waals surface area (Å²) in [6.07, 6.45) is 5.37. The summed E-state index contributed by atoms with van der Waals surface area (Å²) in [5.74, 6) is 2.14. The largest absolute Gasteiger partial charge is 0.423 e. The van der Waals surface area contributed by atoms with E-state index in [1.165, 1.54) is 6.33 Å². The van der Waals surface area contributed by atoms with Crippen molar-refractivity contribution in [1.82, 2.24) is 20.2 Å². The second kappa shape index (κ2) is 7.40. The van der Waals surface area contributed by atoms with Crippen molar-refractivity contribution in [2.45, 2.75) is 25.3 Å². The van der Waals surface area contributed by atoms with Crippen LogP contribution in [-0.2, 0) is 11.3 Å².